The van der Waals surface area contributed by atoms with Gasteiger partial charge in [0.25, 0.3) is 17.7 Å². The predicted octanol–water partition coefficient (Wildman–Crippen LogP) is 3.47. The zero-order valence-electron chi connectivity index (χ0n) is 18.2. The first-order valence-corrected chi connectivity index (χ1v) is 10.8. The van der Waals surface area contributed by atoms with Gasteiger partial charge in [-0.25, -0.2) is 0 Å². The predicted molar refractivity (Wildman–Crippen MR) is 122 cm³/mol. The van der Waals surface area contributed by atoms with Crippen molar-refractivity contribution in [2.24, 2.45) is 0 Å². The van der Waals surface area contributed by atoms with E-state index in [1.54, 1.807) is 18.2 Å². The minimum atomic E-state index is -0.438. The van der Waals surface area contributed by atoms with Gasteiger partial charge in [-0.1, -0.05) is 0 Å². The van der Waals surface area contributed by atoms with Crippen LogP contribution in [0.15, 0.2) is 59.2 Å². The molecule has 0 bridgehead atoms. The molecule has 33 heavy (non-hydrogen) atoms. The number of anilines is 2. The van der Waals surface area contributed by atoms with Crippen LogP contribution < -0.4 is 10.2 Å². The molecule has 168 valence electrons. The van der Waals surface area contributed by atoms with Crippen LogP contribution in [0, 0.1) is 6.92 Å². The van der Waals surface area contributed by atoms with Crippen LogP contribution in [0.1, 0.15) is 42.4 Å². The van der Waals surface area contributed by atoms with Gasteiger partial charge in [0.1, 0.15) is 5.76 Å². The molecule has 1 saturated heterocycles. The van der Waals surface area contributed by atoms with Crippen molar-refractivity contribution in [2.75, 3.05) is 36.5 Å². The van der Waals surface area contributed by atoms with Gasteiger partial charge in [0.2, 0.25) is 0 Å². The fraction of sp³-hybridized carbons (Fsp3) is 0.240. The fourth-order valence-electron chi connectivity index (χ4n) is 4.13. The highest BCUT2D eigenvalue weighted by Crippen LogP contribution is 2.27. The number of furan rings is 1. The Kier molecular flexibility index (Phi) is 5.43. The standard InChI is InChI=1S/C25H23N3O5/c1-16-13-18(27-8-11-32-12-9-27)5-7-22(16)26-23(29)17-4-6-20-21(14-17)25(31)28(24(20)30)15-19-3-2-10-33-19/h2-7,10,13-14H,8-9,11-12,15H2,1H3,(H,26,29). The fourth-order valence-corrected chi connectivity index (χ4v) is 4.13. The summed E-state index contributed by atoms with van der Waals surface area (Å²) >= 11 is 0. The molecule has 0 atom stereocenters. The number of carbonyl (C=O) groups is 3. The van der Waals surface area contributed by atoms with E-state index in [0.29, 0.717) is 30.2 Å². The van der Waals surface area contributed by atoms with Gasteiger partial charge in [-0.05, 0) is 61.0 Å². The molecule has 1 N–H and O–H groups in total. The van der Waals surface area contributed by atoms with E-state index < -0.39 is 11.8 Å². The molecule has 3 aromatic rings. The second-order valence-corrected chi connectivity index (χ2v) is 8.09. The summed E-state index contributed by atoms with van der Waals surface area (Å²) in [5.41, 5.74) is 3.54. The lowest BCUT2D eigenvalue weighted by atomic mass is 10.0. The van der Waals surface area contributed by atoms with Crippen molar-refractivity contribution < 1.29 is 23.5 Å². The zero-order chi connectivity index (χ0) is 22.9. The molecule has 0 aliphatic carbocycles. The van der Waals surface area contributed by atoms with E-state index in [9.17, 15) is 14.4 Å². The third-order valence-electron chi connectivity index (χ3n) is 5.96. The van der Waals surface area contributed by atoms with Crippen molar-refractivity contribution in [2.45, 2.75) is 13.5 Å². The number of morpholine rings is 1. The summed E-state index contributed by atoms with van der Waals surface area (Å²) < 4.78 is 10.7. The second kappa shape index (κ2) is 8.55. The first kappa shape index (κ1) is 21.0. The number of benzene rings is 2. The summed E-state index contributed by atoms with van der Waals surface area (Å²) in [6.07, 6.45) is 1.49. The minimum absolute atomic E-state index is 0.0512. The summed E-state index contributed by atoms with van der Waals surface area (Å²) in [7, 11) is 0. The molecule has 8 nitrogen and oxygen atoms in total. The van der Waals surface area contributed by atoms with Crippen molar-refractivity contribution in [3.8, 4) is 0 Å². The Bertz CT molecular complexity index is 1230. The van der Waals surface area contributed by atoms with E-state index >= 15 is 0 Å². The van der Waals surface area contributed by atoms with E-state index in [1.807, 2.05) is 25.1 Å². The molecular formula is C25H23N3O5. The molecule has 8 heteroatoms. The number of aryl methyl sites for hydroxylation is 1. The Labute approximate surface area is 190 Å². The molecule has 2 aromatic carbocycles. The monoisotopic (exact) mass is 445 g/mol. The van der Waals surface area contributed by atoms with Crippen molar-refractivity contribution in [1.82, 2.24) is 4.90 Å². The van der Waals surface area contributed by atoms with Gasteiger partial charge < -0.3 is 19.4 Å². The topological polar surface area (TPSA) is 92.1 Å². The first-order chi connectivity index (χ1) is 16.0. The van der Waals surface area contributed by atoms with E-state index in [4.69, 9.17) is 9.15 Å². The smallest absolute Gasteiger partial charge is 0.261 e. The number of hydrogen-bond donors (Lipinski definition) is 1. The molecule has 2 aliphatic heterocycles. The highest BCUT2D eigenvalue weighted by Gasteiger charge is 2.36. The molecule has 3 amide bonds. The molecule has 3 heterocycles. The summed E-state index contributed by atoms with van der Waals surface area (Å²) in [5, 5.41) is 2.91. The van der Waals surface area contributed by atoms with Crippen LogP contribution in [0.3, 0.4) is 0 Å². The van der Waals surface area contributed by atoms with Crippen molar-refractivity contribution in [3.05, 3.63) is 82.8 Å². The Hall–Kier alpha value is -3.91. The van der Waals surface area contributed by atoms with Crippen LogP contribution in [0.25, 0.3) is 0 Å². The highest BCUT2D eigenvalue weighted by molar-refractivity contribution is 6.22. The zero-order valence-corrected chi connectivity index (χ0v) is 18.2. The Morgan fingerprint density at radius 1 is 1.00 bits per heavy atom. The molecule has 1 fully saturated rings. The number of amides is 3. The maximum Gasteiger partial charge on any atom is 0.261 e. The van der Waals surface area contributed by atoms with Crippen LogP contribution in [0.5, 0.6) is 0 Å². The second-order valence-electron chi connectivity index (χ2n) is 8.09. The normalized spacial score (nSPS) is 15.7. The summed E-state index contributed by atoms with van der Waals surface area (Å²) in [5.74, 6) is -0.664. The van der Waals surface area contributed by atoms with E-state index in [0.717, 1.165) is 29.2 Å². The average molecular weight is 445 g/mol. The van der Waals surface area contributed by atoms with Gasteiger partial charge in [-0.15, -0.1) is 0 Å². The van der Waals surface area contributed by atoms with Crippen LogP contribution in [-0.2, 0) is 11.3 Å². The number of rotatable bonds is 5. The van der Waals surface area contributed by atoms with Gasteiger partial charge in [0.05, 0.1) is 37.1 Å². The number of ether oxygens (including phenoxy) is 1. The van der Waals surface area contributed by atoms with Gasteiger partial charge in [-0.2, -0.15) is 0 Å². The lowest BCUT2D eigenvalue weighted by Crippen LogP contribution is -2.36. The summed E-state index contributed by atoms with van der Waals surface area (Å²) in [6, 6.07) is 13.9. The quantitative estimate of drug-likeness (QED) is 0.605. The van der Waals surface area contributed by atoms with Crippen molar-refractivity contribution >= 4 is 29.1 Å². The maximum atomic E-state index is 12.9. The number of carbonyl (C=O) groups excluding carboxylic acids is 3. The van der Waals surface area contributed by atoms with Crippen LogP contribution >= 0.6 is 0 Å². The molecule has 1 aromatic heterocycles. The summed E-state index contributed by atoms with van der Waals surface area (Å²) in [6.45, 7) is 5.08. The number of nitrogens with zero attached hydrogens (tertiary/aromatic N) is 2. The number of hydrogen-bond acceptors (Lipinski definition) is 6. The molecule has 0 unspecified atom stereocenters. The van der Waals surface area contributed by atoms with E-state index in [1.165, 1.54) is 18.4 Å². The van der Waals surface area contributed by atoms with Gasteiger partial charge in [-0.3, -0.25) is 19.3 Å². The molecular weight excluding hydrogens is 422 g/mol. The minimum Gasteiger partial charge on any atom is -0.467 e. The molecule has 5 rings (SSSR count). The third-order valence-corrected chi connectivity index (χ3v) is 5.96. The van der Waals surface area contributed by atoms with Crippen molar-refractivity contribution in [3.63, 3.8) is 0 Å². The van der Waals surface area contributed by atoms with Gasteiger partial charge in [0, 0.05) is 30.0 Å². The highest BCUT2D eigenvalue weighted by atomic mass is 16.5. The molecule has 0 spiro atoms. The molecule has 0 radical (unpaired) electrons. The van der Waals surface area contributed by atoms with Crippen LogP contribution in [-0.4, -0.2) is 48.9 Å². The SMILES string of the molecule is Cc1cc(N2CCOCC2)ccc1NC(=O)c1ccc2c(c1)C(=O)N(Cc1ccco1)C2=O. The van der Waals surface area contributed by atoms with Crippen LogP contribution in [0.2, 0.25) is 0 Å². The van der Waals surface area contributed by atoms with Crippen LogP contribution in [0.4, 0.5) is 11.4 Å². The average Bonchev–Trinajstić information content (AvgIpc) is 3.43. The Morgan fingerprint density at radius 3 is 2.52 bits per heavy atom. The maximum absolute atomic E-state index is 12.9. The van der Waals surface area contributed by atoms with E-state index in [2.05, 4.69) is 10.2 Å². The largest absolute Gasteiger partial charge is 0.467 e. The first-order valence-electron chi connectivity index (χ1n) is 10.8. The lowest BCUT2D eigenvalue weighted by molar-refractivity contribution is 0.0631. The Morgan fingerprint density at radius 2 is 1.79 bits per heavy atom. The third kappa shape index (κ3) is 4.01. The van der Waals surface area contributed by atoms with Gasteiger partial charge >= 0.3 is 0 Å². The lowest BCUT2D eigenvalue weighted by Gasteiger charge is -2.29. The number of imide groups is 1. The number of fused-ring (bicyclic) bond motifs is 1. The van der Waals surface area contributed by atoms with E-state index in [-0.39, 0.29) is 23.6 Å². The van der Waals surface area contributed by atoms with Gasteiger partial charge in [0.15, 0.2) is 0 Å². The Balaban J connectivity index is 1.32. The van der Waals surface area contributed by atoms with Crippen molar-refractivity contribution in [1.29, 1.82) is 0 Å². The summed E-state index contributed by atoms with van der Waals surface area (Å²) in [4.78, 5) is 41.8. The molecule has 0 saturated carbocycles. The molecule has 2 aliphatic rings. The number of nitrogens with one attached hydrogen (secondary N) is 1.